The Bertz CT molecular complexity index is 200. The van der Waals surface area contributed by atoms with Crippen molar-refractivity contribution in [2.24, 2.45) is 11.1 Å². The molecule has 68 valence electrons. The molecule has 0 spiro atoms. The van der Waals surface area contributed by atoms with Crippen molar-refractivity contribution in [3.05, 3.63) is 11.6 Å². The predicted octanol–water partition coefficient (Wildman–Crippen LogP) is 0.136. The maximum absolute atomic E-state index is 9.39. The third-order valence-electron chi connectivity index (χ3n) is 2.20. The summed E-state index contributed by atoms with van der Waals surface area (Å²) >= 11 is 0. The summed E-state index contributed by atoms with van der Waals surface area (Å²) in [7, 11) is 0. The van der Waals surface area contributed by atoms with E-state index in [-0.39, 0.29) is 12.5 Å². The highest BCUT2D eigenvalue weighted by Gasteiger charge is 2.27. The summed E-state index contributed by atoms with van der Waals surface area (Å²) in [4.78, 5) is 0. The van der Waals surface area contributed by atoms with E-state index in [4.69, 9.17) is 10.3 Å². The van der Waals surface area contributed by atoms with Gasteiger partial charge in [-0.2, -0.15) is 0 Å². The number of hydrogen-bond acceptors (Lipinski definition) is 4. The summed E-state index contributed by atoms with van der Waals surface area (Å²) in [5.74, 6) is 0.0259. The topological polar surface area (TPSA) is 73.0 Å². The molecular weight excluding hydrogens is 158 g/mol. The van der Waals surface area contributed by atoms with Gasteiger partial charge in [0.15, 0.2) is 0 Å². The second-order valence-corrected chi connectivity index (χ2v) is 2.90. The molecule has 4 nitrogen and oxygen atoms in total. The van der Waals surface area contributed by atoms with Crippen molar-refractivity contribution in [2.45, 2.75) is 18.9 Å². The molecule has 0 saturated heterocycles. The fourth-order valence-corrected chi connectivity index (χ4v) is 1.53. The van der Waals surface area contributed by atoms with Gasteiger partial charge in [-0.15, -0.1) is 0 Å². The van der Waals surface area contributed by atoms with E-state index in [2.05, 4.69) is 5.16 Å². The molecule has 0 aromatic carbocycles. The van der Waals surface area contributed by atoms with Crippen LogP contribution in [-0.2, 0) is 0 Å². The van der Waals surface area contributed by atoms with Crippen LogP contribution in [0, 0.1) is 5.92 Å². The summed E-state index contributed by atoms with van der Waals surface area (Å²) in [6, 6.07) is 0. The van der Waals surface area contributed by atoms with Crippen molar-refractivity contribution < 1.29 is 15.4 Å². The zero-order chi connectivity index (χ0) is 8.97. The normalized spacial score (nSPS) is 33.7. The van der Waals surface area contributed by atoms with E-state index < -0.39 is 6.10 Å². The zero-order valence-corrected chi connectivity index (χ0v) is 6.72. The van der Waals surface area contributed by atoms with E-state index in [9.17, 15) is 5.11 Å². The highest BCUT2D eigenvalue weighted by molar-refractivity contribution is 5.72. The number of nitrogens with zero attached hydrogens (tertiary/aromatic N) is 1. The zero-order valence-electron chi connectivity index (χ0n) is 6.72. The predicted molar refractivity (Wildman–Crippen MR) is 44.2 cm³/mol. The van der Waals surface area contributed by atoms with Crippen LogP contribution in [0.3, 0.4) is 0 Å². The van der Waals surface area contributed by atoms with Crippen molar-refractivity contribution in [3.63, 3.8) is 0 Å². The standard InChI is InChI=1S/C8H13NO3/c10-5-6-1-2-8(11)7(6)3-4-9-12/h3-4,6,8,10-12H,1-2,5H2/b7-3+,9-4+/t6-,8+/m0/s1. The number of rotatable bonds is 2. The van der Waals surface area contributed by atoms with Gasteiger partial charge in [0.05, 0.1) is 12.3 Å². The van der Waals surface area contributed by atoms with Gasteiger partial charge in [0.2, 0.25) is 0 Å². The minimum atomic E-state index is -0.486. The van der Waals surface area contributed by atoms with Crippen molar-refractivity contribution in [2.75, 3.05) is 6.61 Å². The third kappa shape index (κ3) is 1.84. The quantitative estimate of drug-likeness (QED) is 0.314. The Labute approximate surface area is 70.8 Å². The highest BCUT2D eigenvalue weighted by Crippen LogP contribution is 2.30. The molecule has 1 rings (SSSR count). The average Bonchev–Trinajstić information content (AvgIpc) is 2.43. The van der Waals surface area contributed by atoms with Crippen LogP contribution in [0.1, 0.15) is 12.8 Å². The summed E-state index contributed by atoms with van der Waals surface area (Å²) in [5, 5.41) is 29.2. The second-order valence-electron chi connectivity index (χ2n) is 2.90. The van der Waals surface area contributed by atoms with Crippen LogP contribution >= 0.6 is 0 Å². The molecule has 0 heterocycles. The van der Waals surface area contributed by atoms with Gasteiger partial charge in [0.1, 0.15) is 0 Å². The maximum Gasteiger partial charge on any atom is 0.0757 e. The minimum Gasteiger partial charge on any atom is -0.411 e. The second kappa shape index (κ2) is 4.23. The molecule has 0 aromatic heterocycles. The molecule has 1 aliphatic rings. The molecular formula is C8H13NO3. The molecule has 3 N–H and O–H groups in total. The van der Waals surface area contributed by atoms with E-state index in [1.807, 2.05) is 0 Å². The fraction of sp³-hybridized carbons (Fsp3) is 0.625. The van der Waals surface area contributed by atoms with Gasteiger partial charge in [-0.3, -0.25) is 0 Å². The molecule has 1 fully saturated rings. The number of aliphatic hydroxyl groups excluding tert-OH is 2. The molecule has 0 radical (unpaired) electrons. The largest absolute Gasteiger partial charge is 0.411 e. The lowest BCUT2D eigenvalue weighted by Crippen LogP contribution is -2.09. The highest BCUT2D eigenvalue weighted by atomic mass is 16.4. The molecule has 12 heavy (non-hydrogen) atoms. The van der Waals surface area contributed by atoms with Crippen LogP contribution in [0.2, 0.25) is 0 Å². The number of hydrogen-bond donors (Lipinski definition) is 3. The van der Waals surface area contributed by atoms with Crippen LogP contribution < -0.4 is 0 Å². The van der Waals surface area contributed by atoms with Crippen LogP contribution in [-0.4, -0.2) is 34.3 Å². The lowest BCUT2D eigenvalue weighted by molar-refractivity contribution is 0.212. The van der Waals surface area contributed by atoms with E-state index in [1.54, 1.807) is 6.08 Å². The third-order valence-corrected chi connectivity index (χ3v) is 2.20. The summed E-state index contributed by atoms with van der Waals surface area (Å²) in [6.07, 6.45) is 3.75. The molecule has 0 amide bonds. The number of allylic oxidation sites excluding steroid dienone is 1. The lowest BCUT2D eigenvalue weighted by Gasteiger charge is -2.08. The Balaban J connectivity index is 2.69. The molecule has 0 unspecified atom stereocenters. The van der Waals surface area contributed by atoms with E-state index in [0.717, 1.165) is 12.0 Å². The van der Waals surface area contributed by atoms with Crippen molar-refractivity contribution in [1.82, 2.24) is 0 Å². The van der Waals surface area contributed by atoms with Crippen molar-refractivity contribution in [3.8, 4) is 0 Å². The first-order valence-electron chi connectivity index (χ1n) is 3.96. The summed E-state index contributed by atoms with van der Waals surface area (Å²) in [6.45, 7) is 0.0438. The molecule has 0 aliphatic heterocycles. The molecule has 1 saturated carbocycles. The Morgan fingerprint density at radius 2 is 2.25 bits per heavy atom. The first-order valence-corrected chi connectivity index (χ1v) is 3.96. The molecule has 1 aliphatic carbocycles. The van der Waals surface area contributed by atoms with E-state index in [1.165, 1.54) is 6.21 Å². The monoisotopic (exact) mass is 171 g/mol. The maximum atomic E-state index is 9.39. The van der Waals surface area contributed by atoms with Gasteiger partial charge >= 0.3 is 0 Å². The van der Waals surface area contributed by atoms with Crippen LogP contribution in [0.15, 0.2) is 16.8 Å². The summed E-state index contributed by atoms with van der Waals surface area (Å²) in [5.41, 5.74) is 0.760. The molecule has 0 aromatic rings. The van der Waals surface area contributed by atoms with Crippen LogP contribution in [0.25, 0.3) is 0 Å². The van der Waals surface area contributed by atoms with Gasteiger partial charge in [-0.1, -0.05) is 5.16 Å². The Morgan fingerprint density at radius 1 is 1.50 bits per heavy atom. The molecule has 4 heteroatoms. The SMILES string of the molecule is OC[C@@H]1CC[C@@H](O)/C1=C/C=N/O. The van der Waals surface area contributed by atoms with Crippen molar-refractivity contribution >= 4 is 6.21 Å². The first-order chi connectivity index (χ1) is 5.79. The minimum absolute atomic E-state index is 0.0259. The number of aliphatic hydroxyl groups is 2. The lowest BCUT2D eigenvalue weighted by atomic mass is 10.0. The van der Waals surface area contributed by atoms with Crippen LogP contribution in [0.4, 0.5) is 0 Å². The molecule has 0 bridgehead atoms. The Kier molecular flexibility index (Phi) is 3.25. The molecule has 2 atom stereocenters. The van der Waals surface area contributed by atoms with Crippen molar-refractivity contribution in [1.29, 1.82) is 0 Å². The van der Waals surface area contributed by atoms with Gasteiger partial charge < -0.3 is 15.4 Å². The average molecular weight is 171 g/mol. The van der Waals surface area contributed by atoms with E-state index >= 15 is 0 Å². The van der Waals surface area contributed by atoms with Gasteiger partial charge in [-0.25, -0.2) is 0 Å². The van der Waals surface area contributed by atoms with Gasteiger partial charge in [0, 0.05) is 12.5 Å². The van der Waals surface area contributed by atoms with E-state index in [0.29, 0.717) is 6.42 Å². The Hall–Kier alpha value is -0.870. The smallest absolute Gasteiger partial charge is 0.0757 e. The van der Waals surface area contributed by atoms with Crippen LogP contribution in [0.5, 0.6) is 0 Å². The first kappa shape index (κ1) is 9.22. The Morgan fingerprint density at radius 3 is 2.83 bits per heavy atom. The van der Waals surface area contributed by atoms with Gasteiger partial charge in [0.25, 0.3) is 0 Å². The fourth-order valence-electron chi connectivity index (χ4n) is 1.53. The summed E-state index contributed by atoms with van der Waals surface area (Å²) < 4.78 is 0. The number of oxime groups is 1. The van der Waals surface area contributed by atoms with Gasteiger partial charge in [-0.05, 0) is 24.5 Å².